The lowest BCUT2D eigenvalue weighted by molar-refractivity contribution is -0.910. The van der Waals surface area contributed by atoms with Crippen LogP contribution < -0.4 is 24.6 Å². The summed E-state index contributed by atoms with van der Waals surface area (Å²) in [4.78, 5) is 15.7. The number of rotatable bonds is 8. The molecular weight excluding hydrogens is 390 g/mol. The molecule has 1 unspecified atom stereocenters. The van der Waals surface area contributed by atoms with E-state index in [4.69, 9.17) is 9.47 Å². The van der Waals surface area contributed by atoms with Gasteiger partial charge in [-0.05, 0) is 30.3 Å². The van der Waals surface area contributed by atoms with Gasteiger partial charge in [0.2, 0.25) is 0 Å². The van der Waals surface area contributed by atoms with E-state index < -0.39 is 0 Å². The highest BCUT2D eigenvalue weighted by molar-refractivity contribution is 5.91. The van der Waals surface area contributed by atoms with Gasteiger partial charge in [-0.1, -0.05) is 12.1 Å². The van der Waals surface area contributed by atoms with Crippen LogP contribution in [0.5, 0.6) is 11.5 Å². The van der Waals surface area contributed by atoms with Crippen LogP contribution in [0.25, 0.3) is 0 Å². The fourth-order valence-corrected chi connectivity index (χ4v) is 5.07. The standard InChI is InChI=1S/C25H33N3O3/c1-30-21-11-12-24(31-2)22(16-21)23-6-5-15-28(23)18-25(29)26-20-9-7-19(8-10-20)17-27-13-3-4-14-27/h7-12,16,23H,3-6,13-15,17-18H2,1-2H3,(H,26,29)/p+2/t23-/m0/s1. The van der Waals surface area contributed by atoms with Crippen LogP contribution in [0.1, 0.15) is 42.9 Å². The zero-order chi connectivity index (χ0) is 21.6. The van der Waals surface area contributed by atoms with E-state index >= 15 is 0 Å². The number of nitrogens with one attached hydrogen (secondary N) is 3. The number of likely N-dealkylation sites (tertiary alicyclic amines) is 2. The quantitative estimate of drug-likeness (QED) is 0.597. The molecule has 4 rings (SSSR count). The maximum Gasteiger partial charge on any atom is 0.279 e. The minimum absolute atomic E-state index is 0.0571. The zero-order valence-electron chi connectivity index (χ0n) is 18.7. The molecule has 2 aliphatic heterocycles. The Bertz CT molecular complexity index is 878. The molecule has 0 aromatic heterocycles. The molecule has 2 fully saturated rings. The average Bonchev–Trinajstić information content (AvgIpc) is 3.46. The van der Waals surface area contributed by atoms with Crippen LogP contribution in [0.4, 0.5) is 5.69 Å². The summed E-state index contributed by atoms with van der Waals surface area (Å²) in [6, 6.07) is 14.5. The van der Waals surface area contributed by atoms with Crippen molar-refractivity contribution in [3.05, 3.63) is 53.6 Å². The van der Waals surface area contributed by atoms with Crippen LogP contribution in [-0.4, -0.2) is 46.3 Å². The van der Waals surface area contributed by atoms with Gasteiger partial charge in [0, 0.05) is 36.9 Å². The van der Waals surface area contributed by atoms with Gasteiger partial charge >= 0.3 is 0 Å². The van der Waals surface area contributed by atoms with Crippen LogP contribution in [0, 0.1) is 0 Å². The molecule has 6 heteroatoms. The Balaban J connectivity index is 1.36. The second-order valence-electron chi connectivity index (χ2n) is 8.77. The summed E-state index contributed by atoms with van der Waals surface area (Å²) in [6.45, 7) is 5.06. The highest BCUT2D eigenvalue weighted by Crippen LogP contribution is 2.31. The fourth-order valence-electron chi connectivity index (χ4n) is 5.07. The van der Waals surface area contributed by atoms with Crippen LogP contribution >= 0.6 is 0 Å². The molecule has 31 heavy (non-hydrogen) atoms. The molecule has 166 valence electrons. The largest absolute Gasteiger partial charge is 0.497 e. The van der Waals surface area contributed by atoms with Crippen molar-refractivity contribution in [3.63, 3.8) is 0 Å². The van der Waals surface area contributed by atoms with E-state index in [0.29, 0.717) is 6.54 Å². The van der Waals surface area contributed by atoms with E-state index in [2.05, 4.69) is 17.4 Å². The number of carbonyl (C=O) groups is 1. The van der Waals surface area contributed by atoms with E-state index in [1.165, 1.54) is 36.4 Å². The average molecular weight is 426 g/mol. The van der Waals surface area contributed by atoms with Gasteiger partial charge in [-0.25, -0.2) is 0 Å². The molecule has 0 radical (unpaired) electrons. The van der Waals surface area contributed by atoms with Gasteiger partial charge in [0.25, 0.3) is 5.91 Å². The Morgan fingerprint density at radius 2 is 1.77 bits per heavy atom. The molecule has 2 heterocycles. The summed E-state index contributed by atoms with van der Waals surface area (Å²) in [5, 5.41) is 3.09. The molecule has 2 aliphatic rings. The van der Waals surface area contributed by atoms with Crippen molar-refractivity contribution in [1.29, 1.82) is 0 Å². The summed E-state index contributed by atoms with van der Waals surface area (Å²) in [5.41, 5.74) is 3.33. The summed E-state index contributed by atoms with van der Waals surface area (Å²) < 4.78 is 11.0. The van der Waals surface area contributed by atoms with E-state index in [1.807, 2.05) is 30.3 Å². The van der Waals surface area contributed by atoms with Crippen molar-refractivity contribution in [2.24, 2.45) is 0 Å². The van der Waals surface area contributed by atoms with Crippen LogP contribution in [-0.2, 0) is 11.3 Å². The Kier molecular flexibility index (Phi) is 7.10. The molecular formula is C25H35N3O3+2. The molecule has 0 aliphatic carbocycles. The first-order valence-corrected chi connectivity index (χ1v) is 11.4. The normalized spacial score (nSPS) is 21.2. The van der Waals surface area contributed by atoms with Gasteiger partial charge < -0.3 is 24.6 Å². The number of hydrogen-bond donors (Lipinski definition) is 3. The number of anilines is 1. The number of methoxy groups -OCH3 is 2. The van der Waals surface area contributed by atoms with Crippen LogP contribution in [0.3, 0.4) is 0 Å². The van der Waals surface area contributed by atoms with Crippen molar-refractivity contribution in [2.75, 3.05) is 45.7 Å². The highest BCUT2D eigenvalue weighted by atomic mass is 16.5. The molecule has 2 aromatic carbocycles. The number of hydrogen-bond acceptors (Lipinski definition) is 3. The van der Waals surface area contributed by atoms with Gasteiger partial charge in [-0.3, -0.25) is 4.79 Å². The third kappa shape index (κ3) is 5.38. The maximum absolute atomic E-state index is 12.8. The molecule has 6 nitrogen and oxygen atoms in total. The lowest BCUT2D eigenvalue weighted by Gasteiger charge is -2.23. The smallest absolute Gasteiger partial charge is 0.279 e. The van der Waals surface area contributed by atoms with E-state index in [0.717, 1.165) is 48.7 Å². The van der Waals surface area contributed by atoms with Crippen molar-refractivity contribution in [2.45, 2.75) is 38.3 Å². The first-order chi connectivity index (χ1) is 15.2. The van der Waals surface area contributed by atoms with E-state index in [9.17, 15) is 4.79 Å². The topological polar surface area (TPSA) is 56.4 Å². The van der Waals surface area contributed by atoms with E-state index in [-0.39, 0.29) is 11.9 Å². The summed E-state index contributed by atoms with van der Waals surface area (Å²) >= 11 is 0. The Morgan fingerprint density at radius 1 is 1.00 bits per heavy atom. The Morgan fingerprint density at radius 3 is 2.48 bits per heavy atom. The van der Waals surface area contributed by atoms with Crippen molar-refractivity contribution in [1.82, 2.24) is 0 Å². The summed E-state index contributed by atoms with van der Waals surface area (Å²) in [7, 11) is 3.37. The summed E-state index contributed by atoms with van der Waals surface area (Å²) in [6.07, 6.45) is 4.82. The summed E-state index contributed by atoms with van der Waals surface area (Å²) in [5.74, 6) is 1.74. The first kappa shape index (κ1) is 21.7. The van der Waals surface area contributed by atoms with Crippen molar-refractivity contribution < 1.29 is 24.1 Å². The highest BCUT2D eigenvalue weighted by Gasteiger charge is 2.34. The molecule has 0 saturated carbocycles. The zero-order valence-corrected chi connectivity index (χ0v) is 18.7. The second-order valence-corrected chi connectivity index (χ2v) is 8.77. The molecule has 1 amide bonds. The maximum atomic E-state index is 12.8. The van der Waals surface area contributed by atoms with Crippen molar-refractivity contribution >= 4 is 11.6 Å². The molecule has 2 aromatic rings. The predicted molar refractivity (Wildman–Crippen MR) is 121 cm³/mol. The fraction of sp³-hybridized carbons (Fsp3) is 0.480. The molecule has 2 saturated heterocycles. The molecule has 0 spiro atoms. The molecule has 2 atom stereocenters. The number of ether oxygens (including phenoxy) is 2. The number of benzene rings is 2. The van der Waals surface area contributed by atoms with Crippen LogP contribution in [0.15, 0.2) is 42.5 Å². The first-order valence-electron chi connectivity index (χ1n) is 11.4. The monoisotopic (exact) mass is 425 g/mol. The number of quaternary nitrogens is 2. The Hall–Kier alpha value is -2.57. The second kappa shape index (κ2) is 10.2. The van der Waals surface area contributed by atoms with Gasteiger partial charge in [-0.15, -0.1) is 0 Å². The van der Waals surface area contributed by atoms with Crippen molar-refractivity contribution in [3.8, 4) is 11.5 Å². The van der Waals surface area contributed by atoms with Gasteiger partial charge in [0.1, 0.15) is 24.1 Å². The molecule has 3 N–H and O–H groups in total. The van der Waals surface area contributed by atoms with Gasteiger partial charge in [0.15, 0.2) is 6.54 Å². The minimum Gasteiger partial charge on any atom is -0.497 e. The van der Waals surface area contributed by atoms with E-state index in [1.54, 1.807) is 19.1 Å². The molecule has 0 bridgehead atoms. The van der Waals surface area contributed by atoms with Gasteiger partial charge in [-0.2, -0.15) is 0 Å². The van der Waals surface area contributed by atoms with Gasteiger partial charge in [0.05, 0.1) is 39.4 Å². The Labute approximate surface area is 185 Å². The lowest BCUT2D eigenvalue weighted by atomic mass is 10.0. The minimum atomic E-state index is 0.0571. The predicted octanol–water partition coefficient (Wildman–Crippen LogP) is 1.24. The third-order valence-corrected chi connectivity index (χ3v) is 6.69. The number of carbonyl (C=O) groups excluding carboxylic acids is 1. The SMILES string of the molecule is COc1ccc(OC)c([C@@H]2CCC[NH+]2CC(=O)Nc2ccc(C[NH+]3CCCC3)cc2)c1. The van der Waals surface area contributed by atoms with Crippen LogP contribution in [0.2, 0.25) is 0 Å². The lowest BCUT2D eigenvalue weighted by Crippen LogP contribution is -3.11. The third-order valence-electron chi connectivity index (χ3n) is 6.69. The number of amides is 1.